The Morgan fingerprint density at radius 2 is 1.62 bits per heavy atom. The molecule has 0 bridgehead atoms. The number of hydrazone groups is 1. The van der Waals surface area contributed by atoms with Crippen LogP contribution in [0.4, 0.5) is 5.69 Å². The van der Waals surface area contributed by atoms with Crippen LogP contribution < -0.4 is 15.5 Å². The number of ether oxygens (including phenoxy) is 1. The van der Waals surface area contributed by atoms with Crippen molar-refractivity contribution in [3.63, 3.8) is 0 Å². The van der Waals surface area contributed by atoms with Gasteiger partial charge in [-0.3, -0.25) is 5.43 Å². The Hall–Kier alpha value is -3.61. The maximum atomic E-state index is 5.96. The van der Waals surface area contributed by atoms with Crippen LogP contribution in [0.15, 0.2) is 102 Å². The molecule has 0 aliphatic heterocycles. The van der Waals surface area contributed by atoms with E-state index < -0.39 is 0 Å². The number of hydrogen-bond donors (Lipinski definition) is 2. The molecule has 0 spiro atoms. The Balaban J connectivity index is 1.29. The van der Waals surface area contributed by atoms with E-state index in [-0.39, 0.29) is 0 Å². The number of aromatic nitrogens is 1. The monoisotopic (exact) mass is 460 g/mol. The molecule has 4 rings (SSSR count). The van der Waals surface area contributed by atoms with Crippen molar-refractivity contribution in [3.8, 4) is 11.5 Å². The first kappa shape index (κ1) is 21.6. The maximum absolute atomic E-state index is 5.96. The van der Waals surface area contributed by atoms with E-state index >= 15 is 0 Å². The van der Waals surface area contributed by atoms with Crippen LogP contribution in [0, 0.1) is 0 Å². The summed E-state index contributed by atoms with van der Waals surface area (Å²) in [7, 11) is 0. The number of rotatable bonds is 7. The van der Waals surface area contributed by atoms with Gasteiger partial charge in [0.15, 0.2) is 5.11 Å². The first-order chi connectivity index (χ1) is 15.7. The smallest absolute Gasteiger partial charge is 0.191 e. The molecular weight excluding hydrogens is 440 g/mol. The van der Waals surface area contributed by atoms with Gasteiger partial charge in [-0.15, -0.1) is 0 Å². The highest BCUT2D eigenvalue weighted by molar-refractivity contribution is 7.80. The normalized spacial score (nSPS) is 10.8. The van der Waals surface area contributed by atoms with E-state index in [2.05, 4.69) is 20.4 Å². The Morgan fingerprint density at radius 3 is 2.38 bits per heavy atom. The largest absolute Gasteiger partial charge is 0.457 e. The molecule has 4 aromatic rings. The summed E-state index contributed by atoms with van der Waals surface area (Å²) in [5.41, 5.74) is 5.80. The van der Waals surface area contributed by atoms with Gasteiger partial charge in [-0.05, 0) is 78.4 Å². The van der Waals surface area contributed by atoms with Gasteiger partial charge in [0.2, 0.25) is 0 Å². The van der Waals surface area contributed by atoms with E-state index in [1.165, 1.54) is 0 Å². The van der Waals surface area contributed by atoms with Gasteiger partial charge in [-0.2, -0.15) is 5.10 Å². The van der Waals surface area contributed by atoms with Crippen molar-refractivity contribution < 1.29 is 4.74 Å². The summed E-state index contributed by atoms with van der Waals surface area (Å²) in [5, 5.41) is 8.48. The molecule has 0 atom stereocenters. The molecule has 1 heterocycles. The summed E-state index contributed by atoms with van der Waals surface area (Å²) in [4.78, 5) is 0. The van der Waals surface area contributed by atoms with Crippen LogP contribution in [-0.2, 0) is 6.54 Å². The Kier molecular flexibility index (Phi) is 7.17. The molecule has 2 N–H and O–H groups in total. The molecule has 0 amide bonds. The number of benzene rings is 3. The minimum Gasteiger partial charge on any atom is -0.457 e. The lowest BCUT2D eigenvalue weighted by Crippen LogP contribution is -2.24. The summed E-state index contributed by atoms with van der Waals surface area (Å²) in [5.74, 6) is 1.54. The van der Waals surface area contributed by atoms with Gasteiger partial charge in [0.25, 0.3) is 0 Å². The second-order valence-corrected chi connectivity index (χ2v) is 7.80. The molecule has 0 saturated heterocycles. The van der Waals surface area contributed by atoms with E-state index in [0.29, 0.717) is 5.11 Å². The highest BCUT2D eigenvalue weighted by Crippen LogP contribution is 2.22. The minimum absolute atomic E-state index is 0.397. The summed E-state index contributed by atoms with van der Waals surface area (Å²) in [6, 6.07) is 29.0. The molecule has 0 radical (unpaired) electrons. The number of anilines is 1. The lowest BCUT2D eigenvalue weighted by molar-refractivity contribution is 0.483. The molecule has 7 heteroatoms. The average molecular weight is 461 g/mol. The molecule has 32 heavy (non-hydrogen) atoms. The van der Waals surface area contributed by atoms with Crippen LogP contribution in [0.3, 0.4) is 0 Å². The third-order valence-electron chi connectivity index (χ3n) is 4.58. The minimum atomic E-state index is 0.397. The number of thiocarbonyl (C=S) groups is 1. The van der Waals surface area contributed by atoms with E-state index in [1.807, 2.05) is 97.2 Å². The first-order valence-corrected chi connectivity index (χ1v) is 10.8. The number of nitrogens with one attached hydrogen (secondary N) is 2. The van der Waals surface area contributed by atoms with Gasteiger partial charge >= 0.3 is 0 Å². The van der Waals surface area contributed by atoms with Crippen LogP contribution in [0.25, 0.3) is 0 Å². The quantitative estimate of drug-likeness (QED) is 0.193. The van der Waals surface area contributed by atoms with Gasteiger partial charge in [0, 0.05) is 23.5 Å². The summed E-state index contributed by atoms with van der Waals surface area (Å²) >= 11 is 11.3. The fourth-order valence-corrected chi connectivity index (χ4v) is 3.32. The molecule has 0 unspecified atom stereocenters. The molecule has 0 fully saturated rings. The predicted octanol–water partition coefficient (Wildman–Crippen LogP) is 6.30. The van der Waals surface area contributed by atoms with Gasteiger partial charge in [0.05, 0.1) is 11.9 Å². The van der Waals surface area contributed by atoms with E-state index in [4.69, 9.17) is 28.6 Å². The van der Waals surface area contributed by atoms with E-state index in [1.54, 1.807) is 6.21 Å². The van der Waals surface area contributed by atoms with Crippen molar-refractivity contribution in [2.24, 2.45) is 5.10 Å². The van der Waals surface area contributed by atoms with Crippen LogP contribution in [0.1, 0.15) is 11.3 Å². The Morgan fingerprint density at radius 1 is 0.906 bits per heavy atom. The average Bonchev–Trinajstić information content (AvgIpc) is 3.24. The fraction of sp³-hybridized carbons (Fsp3) is 0.0400. The number of para-hydroxylation sites is 1. The summed E-state index contributed by atoms with van der Waals surface area (Å²) < 4.78 is 7.89. The Labute approximate surface area is 197 Å². The second-order valence-electron chi connectivity index (χ2n) is 6.95. The van der Waals surface area contributed by atoms with Gasteiger partial charge in [-0.1, -0.05) is 41.9 Å². The maximum Gasteiger partial charge on any atom is 0.191 e. The lowest BCUT2D eigenvalue weighted by Gasteiger charge is -2.09. The standard InChI is InChI=1S/C25H21ClN4OS/c26-20-10-8-19(9-11-20)18-30-16-4-5-22(30)17-27-29-25(32)28-21-12-14-24(15-13-21)31-23-6-2-1-3-7-23/h1-17H,18H2,(H2,28,29,32). The first-order valence-electron chi connectivity index (χ1n) is 9.98. The fourth-order valence-electron chi connectivity index (χ4n) is 3.02. The predicted molar refractivity (Wildman–Crippen MR) is 135 cm³/mol. The molecule has 0 aliphatic rings. The SMILES string of the molecule is S=C(NN=Cc1cccn1Cc1ccc(Cl)cc1)Nc1ccc(Oc2ccccc2)cc1. The van der Waals surface area contributed by atoms with E-state index in [9.17, 15) is 0 Å². The van der Waals surface area contributed by atoms with Crippen molar-refractivity contribution in [2.75, 3.05) is 5.32 Å². The van der Waals surface area contributed by atoms with Gasteiger partial charge in [-0.25, -0.2) is 0 Å². The highest BCUT2D eigenvalue weighted by atomic mass is 35.5. The molecule has 1 aromatic heterocycles. The zero-order valence-electron chi connectivity index (χ0n) is 17.1. The lowest BCUT2D eigenvalue weighted by atomic mass is 10.2. The molecule has 0 saturated carbocycles. The zero-order chi connectivity index (χ0) is 22.2. The molecule has 160 valence electrons. The molecule has 0 aliphatic carbocycles. The summed E-state index contributed by atoms with van der Waals surface area (Å²) in [6.07, 6.45) is 3.74. The van der Waals surface area contributed by atoms with Crippen molar-refractivity contribution in [1.82, 2.24) is 9.99 Å². The van der Waals surface area contributed by atoms with Crippen molar-refractivity contribution >= 4 is 40.8 Å². The number of nitrogens with zero attached hydrogens (tertiary/aromatic N) is 2. The highest BCUT2D eigenvalue weighted by Gasteiger charge is 2.02. The van der Waals surface area contributed by atoms with Crippen LogP contribution >= 0.6 is 23.8 Å². The summed E-state index contributed by atoms with van der Waals surface area (Å²) in [6.45, 7) is 0.728. The second kappa shape index (κ2) is 10.6. The third-order valence-corrected chi connectivity index (χ3v) is 5.03. The third kappa shape index (κ3) is 6.20. The van der Waals surface area contributed by atoms with Gasteiger partial charge < -0.3 is 14.6 Å². The topological polar surface area (TPSA) is 50.6 Å². The number of halogens is 1. The Bertz CT molecular complexity index is 1190. The van der Waals surface area contributed by atoms with Crippen LogP contribution in [0.2, 0.25) is 5.02 Å². The van der Waals surface area contributed by atoms with Crippen molar-refractivity contribution in [1.29, 1.82) is 0 Å². The van der Waals surface area contributed by atoms with E-state index in [0.717, 1.165) is 40.0 Å². The van der Waals surface area contributed by atoms with Crippen LogP contribution in [-0.4, -0.2) is 15.9 Å². The molecular formula is C25H21ClN4OS. The molecule has 3 aromatic carbocycles. The van der Waals surface area contributed by atoms with Crippen molar-refractivity contribution in [3.05, 3.63) is 113 Å². The van der Waals surface area contributed by atoms with Crippen LogP contribution in [0.5, 0.6) is 11.5 Å². The van der Waals surface area contributed by atoms with Gasteiger partial charge in [0.1, 0.15) is 11.5 Å². The zero-order valence-corrected chi connectivity index (χ0v) is 18.7. The molecule has 5 nitrogen and oxygen atoms in total. The van der Waals surface area contributed by atoms with Crippen molar-refractivity contribution in [2.45, 2.75) is 6.54 Å². The number of hydrogen-bond acceptors (Lipinski definition) is 3.